The molecule has 1 amide bonds. The number of nitrogens with one attached hydrogen (secondary N) is 1. The minimum absolute atomic E-state index is 0.157. The van der Waals surface area contributed by atoms with Crippen molar-refractivity contribution in [2.45, 2.75) is 58.8 Å². The number of hydrogen-bond donors (Lipinski definition) is 18. The Morgan fingerprint density at radius 1 is 0.692 bits per heavy atom. The fraction of sp³-hybridized carbons (Fsp3) is 0.579. The number of hydrogen-bond acceptors (Lipinski definition) is 18. The molecule has 39 heavy (non-hydrogen) atoms. The number of benzene rings is 1. The molecule has 1 aromatic carbocycles. The van der Waals surface area contributed by atoms with E-state index in [2.05, 4.69) is 0 Å². The van der Waals surface area contributed by atoms with Crippen LogP contribution in [0, 0.1) is 5.92 Å². The fourth-order valence-corrected chi connectivity index (χ4v) is 4.37. The molecule has 0 aromatic heterocycles. The minimum atomic E-state index is -5.66. The van der Waals surface area contributed by atoms with E-state index in [-0.39, 0.29) is 5.56 Å². The second kappa shape index (κ2) is 9.28. The largest absolute Gasteiger partial charge is 0.480 e. The van der Waals surface area contributed by atoms with Gasteiger partial charge in [0, 0.05) is 6.42 Å². The first kappa shape index (κ1) is 32.7. The third kappa shape index (κ3) is 4.37. The van der Waals surface area contributed by atoms with Crippen molar-refractivity contribution in [3.63, 3.8) is 0 Å². The summed E-state index contributed by atoms with van der Waals surface area (Å²) in [5, 5.41) is 172. The van der Waals surface area contributed by atoms with Gasteiger partial charge in [-0.1, -0.05) is 30.3 Å². The van der Waals surface area contributed by atoms with Crippen LogP contribution in [-0.2, 0) is 16.0 Å². The Hall–Kier alpha value is -2.48. The molecule has 1 aromatic rings. The molecule has 0 bridgehead atoms. The van der Waals surface area contributed by atoms with Crippen LogP contribution in [0.3, 0.4) is 0 Å². The van der Waals surface area contributed by atoms with Gasteiger partial charge in [-0.25, -0.2) is 4.79 Å². The minimum Gasteiger partial charge on any atom is -0.480 e. The van der Waals surface area contributed by atoms with Gasteiger partial charge in [-0.3, -0.25) is 4.79 Å². The number of amides is 1. The number of carboxylic acid groups (broad SMARTS) is 1. The molecule has 18 N–H and O–H groups in total. The molecule has 1 atom stereocenters. The van der Waals surface area contributed by atoms with Crippen LogP contribution >= 0.6 is 0 Å². The van der Waals surface area contributed by atoms with Gasteiger partial charge in [-0.2, -0.15) is 0 Å². The monoisotopic (exact) mass is 573 g/mol. The van der Waals surface area contributed by atoms with Gasteiger partial charge in [0.2, 0.25) is 5.60 Å². The summed E-state index contributed by atoms with van der Waals surface area (Å²) < 4.78 is 0. The highest BCUT2D eigenvalue weighted by atomic mass is 16.7. The number of aliphatic hydroxyl groups is 16. The van der Waals surface area contributed by atoms with Gasteiger partial charge >= 0.3 is 5.97 Å². The third-order valence-electron chi connectivity index (χ3n) is 6.45. The van der Waals surface area contributed by atoms with Crippen LogP contribution in [-0.4, -0.2) is 151 Å². The Labute approximate surface area is 215 Å². The van der Waals surface area contributed by atoms with Crippen LogP contribution in [0.25, 0.3) is 0 Å². The molecular weight excluding hydrogens is 546 g/mol. The molecular formula is C19H27NO19. The normalized spacial score (nSPS) is 28.5. The second-order valence-corrected chi connectivity index (χ2v) is 9.03. The summed E-state index contributed by atoms with van der Waals surface area (Å²) in [6, 6.07) is 4.72. The van der Waals surface area contributed by atoms with Gasteiger partial charge in [0.25, 0.3) is 46.6 Å². The maximum absolute atomic E-state index is 12.9. The van der Waals surface area contributed by atoms with Crippen LogP contribution in [0.15, 0.2) is 30.3 Å². The van der Waals surface area contributed by atoms with Crippen LogP contribution in [0.5, 0.6) is 0 Å². The molecule has 2 rings (SSSR count). The van der Waals surface area contributed by atoms with E-state index in [9.17, 15) is 96.4 Å². The molecule has 222 valence electrons. The van der Waals surface area contributed by atoms with Crippen molar-refractivity contribution >= 4 is 11.9 Å². The lowest BCUT2D eigenvalue weighted by Crippen LogP contribution is -3.00. The number of aliphatic carboxylic acids is 1. The highest BCUT2D eigenvalue weighted by Crippen LogP contribution is 2.59. The molecule has 0 radical (unpaired) electrons. The molecule has 1 fully saturated rings. The number of carbonyl (C=O) groups excluding carboxylic acids is 1. The molecule has 0 spiro atoms. The van der Waals surface area contributed by atoms with Crippen molar-refractivity contribution in [3.8, 4) is 0 Å². The topological polar surface area (TPSA) is 390 Å². The SMILES string of the molecule is O=C(O)C(Cc1ccccc1)NC(=O)C1(O)C(O)(O)C(O)(O)C(O)(C(C(O)(O)O)C(O)(O)O)C(O)(O)C1(O)O. The first-order valence-electron chi connectivity index (χ1n) is 10.3. The third-order valence-corrected chi connectivity index (χ3v) is 6.45. The first-order chi connectivity index (χ1) is 17.2. The molecule has 0 heterocycles. The molecule has 1 saturated carbocycles. The molecule has 1 unspecified atom stereocenters. The summed E-state index contributed by atoms with van der Waals surface area (Å²) in [6.07, 6.45) is -0.686. The Morgan fingerprint density at radius 2 is 1.08 bits per heavy atom. The second-order valence-electron chi connectivity index (χ2n) is 9.03. The number of rotatable bonds is 8. The van der Waals surface area contributed by atoms with Crippen LogP contribution in [0.2, 0.25) is 0 Å². The van der Waals surface area contributed by atoms with Gasteiger partial charge < -0.3 is 92.1 Å². The van der Waals surface area contributed by atoms with E-state index in [0.717, 1.165) is 0 Å². The predicted octanol–water partition coefficient (Wildman–Crippen LogP) is -10.1. The average Bonchev–Trinajstić information content (AvgIpc) is 2.75. The molecule has 20 heteroatoms. The Morgan fingerprint density at radius 3 is 1.41 bits per heavy atom. The van der Waals surface area contributed by atoms with Crippen molar-refractivity contribution in [1.29, 1.82) is 0 Å². The van der Waals surface area contributed by atoms with E-state index in [1.54, 1.807) is 0 Å². The summed E-state index contributed by atoms with van der Waals surface area (Å²) in [5.74, 6) is -41.9. The number of carbonyl (C=O) groups is 2. The molecule has 20 nitrogen and oxygen atoms in total. The highest BCUT2D eigenvalue weighted by molar-refractivity contribution is 5.92. The predicted molar refractivity (Wildman–Crippen MR) is 111 cm³/mol. The summed E-state index contributed by atoms with van der Waals surface area (Å²) in [7, 11) is 0. The van der Waals surface area contributed by atoms with Gasteiger partial charge in [-0.05, 0) is 5.56 Å². The molecule has 1 aliphatic rings. The van der Waals surface area contributed by atoms with E-state index < -0.39 is 76.6 Å². The van der Waals surface area contributed by atoms with E-state index in [1.165, 1.54) is 35.6 Å². The van der Waals surface area contributed by atoms with E-state index >= 15 is 0 Å². The Bertz CT molecular complexity index is 1040. The van der Waals surface area contributed by atoms with Crippen molar-refractivity contribution in [2.24, 2.45) is 5.92 Å². The Balaban J connectivity index is 2.80. The summed E-state index contributed by atoms with van der Waals surface area (Å²) in [4.78, 5) is 24.6. The lowest BCUT2D eigenvalue weighted by molar-refractivity contribution is -0.604. The molecule has 1 aliphatic carbocycles. The quantitative estimate of drug-likeness (QED) is 0.128. The smallest absolute Gasteiger partial charge is 0.326 e. The van der Waals surface area contributed by atoms with E-state index in [1.807, 2.05) is 0 Å². The summed E-state index contributed by atoms with van der Waals surface area (Å²) in [5.41, 5.74) is -10.8. The average molecular weight is 573 g/mol. The van der Waals surface area contributed by atoms with Gasteiger partial charge in [0.05, 0.1) is 0 Å². The highest BCUT2D eigenvalue weighted by Gasteiger charge is 2.95. The standard InChI is InChI=1S/C19H27NO19/c21-9(22)8(6-7-4-2-1-3-5-7)20-11(23)13(25)18(36,37)16(32,33)12(24,17(34,35)19(13,38)39)10(14(26,27)28)15(29,30)31/h1-5,8,10,24-39H,6H2,(H,20,23)(H,21,22). The number of carboxylic acids is 1. The van der Waals surface area contributed by atoms with Crippen molar-refractivity contribution in [3.05, 3.63) is 35.9 Å². The zero-order valence-corrected chi connectivity index (χ0v) is 19.2. The zero-order chi connectivity index (χ0) is 30.8. The Kier molecular flexibility index (Phi) is 7.79. The maximum Gasteiger partial charge on any atom is 0.326 e. The van der Waals surface area contributed by atoms with Crippen molar-refractivity contribution < 1.29 is 96.4 Å². The van der Waals surface area contributed by atoms with Gasteiger partial charge in [0.1, 0.15) is 6.04 Å². The zero-order valence-electron chi connectivity index (χ0n) is 19.2. The summed E-state index contributed by atoms with van der Waals surface area (Å²) in [6.45, 7) is 0. The van der Waals surface area contributed by atoms with E-state index in [4.69, 9.17) is 0 Å². The van der Waals surface area contributed by atoms with Crippen molar-refractivity contribution in [1.82, 2.24) is 5.32 Å². The lowest BCUT2D eigenvalue weighted by Gasteiger charge is -2.66. The van der Waals surface area contributed by atoms with Crippen LogP contribution in [0.1, 0.15) is 5.56 Å². The fourth-order valence-electron chi connectivity index (χ4n) is 4.37. The van der Waals surface area contributed by atoms with Crippen LogP contribution in [0.4, 0.5) is 0 Å². The van der Waals surface area contributed by atoms with Gasteiger partial charge in [-0.15, -0.1) is 0 Å². The van der Waals surface area contributed by atoms with Crippen LogP contribution < -0.4 is 5.32 Å². The van der Waals surface area contributed by atoms with E-state index in [0.29, 0.717) is 0 Å². The maximum atomic E-state index is 12.9. The molecule has 0 saturated heterocycles. The van der Waals surface area contributed by atoms with Gasteiger partial charge in [0.15, 0.2) is 5.92 Å². The lowest BCUT2D eigenvalue weighted by atomic mass is 9.54. The first-order valence-corrected chi connectivity index (χ1v) is 10.3. The van der Waals surface area contributed by atoms with Crippen molar-refractivity contribution in [2.75, 3.05) is 0 Å². The summed E-state index contributed by atoms with van der Waals surface area (Å²) >= 11 is 0. The molecule has 0 aliphatic heterocycles.